The Hall–Kier alpha value is -5.13. The highest BCUT2D eigenvalue weighted by molar-refractivity contribution is 5.99. The number of benzene rings is 3. The Morgan fingerprint density at radius 2 is 1.53 bits per heavy atom. The first-order valence-electron chi connectivity index (χ1n) is 9.86. The third kappa shape index (κ3) is 4.55. The van der Waals surface area contributed by atoms with Crippen LogP contribution in [0.15, 0.2) is 78.0 Å². The fourth-order valence-corrected chi connectivity index (χ4v) is 3.48. The zero-order chi connectivity index (χ0) is 24.2. The van der Waals surface area contributed by atoms with E-state index >= 15 is 0 Å². The highest BCUT2D eigenvalue weighted by Crippen LogP contribution is 2.29. The normalized spacial score (nSPS) is 11.1. The number of non-ortho nitro benzene ring substituents is 2. The van der Waals surface area contributed by atoms with Gasteiger partial charge >= 0.3 is 5.69 Å². The maximum Gasteiger partial charge on any atom is 0.301 e. The number of hydrogen-bond acceptors (Lipinski definition) is 8. The number of rotatable bonds is 8. The van der Waals surface area contributed by atoms with E-state index in [1.54, 1.807) is 12.1 Å². The van der Waals surface area contributed by atoms with E-state index in [1.807, 2.05) is 35.0 Å². The van der Waals surface area contributed by atoms with Crippen LogP contribution in [0, 0.1) is 30.3 Å². The minimum Gasteiger partial charge on any atom is -0.342 e. The van der Waals surface area contributed by atoms with Crippen molar-refractivity contribution >= 4 is 39.9 Å². The molecule has 0 amide bonds. The topological polar surface area (TPSA) is 159 Å². The Balaban J connectivity index is 1.60. The lowest BCUT2D eigenvalue weighted by molar-refractivity contribution is -0.393. The van der Waals surface area contributed by atoms with Gasteiger partial charge in [0.15, 0.2) is 0 Å². The molecule has 0 aliphatic heterocycles. The van der Waals surface area contributed by atoms with Gasteiger partial charge < -0.3 is 4.57 Å². The lowest BCUT2D eigenvalue weighted by Gasteiger charge is -2.05. The number of hydrazone groups is 1. The largest absolute Gasteiger partial charge is 0.342 e. The molecule has 0 unspecified atom stereocenters. The second-order valence-corrected chi connectivity index (χ2v) is 7.24. The molecule has 0 saturated carbocycles. The highest BCUT2D eigenvalue weighted by Gasteiger charge is 2.19. The molecule has 34 heavy (non-hydrogen) atoms. The van der Waals surface area contributed by atoms with Crippen molar-refractivity contribution in [2.24, 2.45) is 5.10 Å². The van der Waals surface area contributed by atoms with E-state index in [0.717, 1.165) is 34.2 Å². The summed E-state index contributed by atoms with van der Waals surface area (Å²) in [7, 11) is 0. The predicted octanol–water partition coefficient (Wildman–Crippen LogP) is 4.86. The monoisotopic (exact) mass is 460 g/mol. The van der Waals surface area contributed by atoms with Gasteiger partial charge in [0.05, 0.1) is 27.1 Å². The fourth-order valence-electron chi connectivity index (χ4n) is 3.48. The molecule has 1 aromatic heterocycles. The molecular weight excluding hydrogens is 444 g/mol. The molecule has 0 aliphatic carbocycles. The van der Waals surface area contributed by atoms with Crippen LogP contribution in [0.5, 0.6) is 0 Å². The van der Waals surface area contributed by atoms with Crippen molar-refractivity contribution < 1.29 is 14.8 Å². The fraction of sp³-hybridized carbons (Fsp3) is 0.0455. The molecule has 3 aromatic carbocycles. The maximum absolute atomic E-state index is 11.3. The molecular formula is C22H16N6O6. The van der Waals surface area contributed by atoms with E-state index in [-0.39, 0.29) is 11.4 Å². The summed E-state index contributed by atoms with van der Waals surface area (Å²) < 4.78 is 1.96. The van der Waals surface area contributed by atoms with Crippen LogP contribution in [0.25, 0.3) is 10.9 Å². The average molecular weight is 460 g/mol. The summed E-state index contributed by atoms with van der Waals surface area (Å²) in [4.78, 5) is 31.2. The molecule has 0 bridgehead atoms. The Labute approximate surface area is 191 Å². The van der Waals surface area contributed by atoms with Crippen LogP contribution >= 0.6 is 0 Å². The van der Waals surface area contributed by atoms with E-state index in [0.29, 0.717) is 6.54 Å². The summed E-state index contributed by atoms with van der Waals surface area (Å²) in [6, 6.07) is 17.1. The molecule has 12 heteroatoms. The molecule has 0 fully saturated rings. The van der Waals surface area contributed by atoms with Crippen molar-refractivity contribution in [3.05, 3.63) is 114 Å². The van der Waals surface area contributed by atoms with Crippen LogP contribution in [0.3, 0.4) is 0 Å². The van der Waals surface area contributed by atoms with Gasteiger partial charge in [-0.3, -0.25) is 35.8 Å². The molecule has 0 radical (unpaired) electrons. The van der Waals surface area contributed by atoms with Gasteiger partial charge in [-0.05, 0) is 17.7 Å². The van der Waals surface area contributed by atoms with Crippen LogP contribution < -0.4 is 5.43 Å². The van der Waals surface area contributed by atoms with Crippen LogP contribution in [-0.4, -0.2) is 25.6 Å². The van der Waals surface area contributed by atoms with Crippen molar-refractivity contribution in [2.75, 3.05) is 5.43 Å². The molecule has 0 spiro atoms. The molecule has 4 rings (SSSR count). The number of nitro groups is 3. The smallest absolute Gasteiger partial charge is 0.301 e. The van der Waals surface area contributed by atoms with Crippen molar-refractivity contribution in [2.45, 2.75) is 6.54 Å². The Morgan fingerprint density at radius 3 is 2.21 bits per heavy atom. The Morgan fingerprint density at radius 1 is 0.853 bits per heavy atom. The number of nitro benzene ring substituents is 3. The average Bonchev–Trinajstić information content (AvgIpc) is 3.16. The van der Waals surface area contributed by atoms with Crippen LogP contribution in [0.4, 0.5) is 22.7 Å². The zero-order valence-corrected chi connectivity index (χ0v) is 17.4. The summed E-state index contributed by atoms with van der Waals surface area (Å²) in [6.07, 6.45) is 3.35. The first-order valence-corrected chi connectivity index (χ1v) is 9.86. The van der Waals surface area contributed by atoms with Gasteiger partial charge in [0, 0.05) is 47.4 Å². The van der Waals surface area contributed by atoms with Crippen molar-refractivity contribution in [1.82, 2.24) is 4.57 Å². The first-order chi connectivity index (χ1) is 16.3. The quantitative estimate of drug-likeness (QED) is 0.223. The lowest BCUT2D eigenvalue weighted by Crippen LogP contribution is -1.99. The van der Waals surface area contributed by atoms with Gasteiger partial charge in [0.1, 0.15) is 5.69 Å². The highest BCUT2D eigenvalue weighted by atomic mass is 16.6. The molecule has 12 nitrogen and oxygen atoms in total. The van der Waals surface area contributed by atoms with Crippen molar-refractivity contribution in [1.29, 1.82) is 0 Å². The number of fused-ring (bicyclic) bond motifs is 1. The molecule has 1 N–H and O–H groups in total. The van der Waals surface area contributed by atoms with E-state index in [1.165, 1.54) is 24.4 Å². The molecule has 1 heterocycles. The van der Waals surface area contributed by atoms with Crippen molar-refractivity contribution in [3.63, 3.8) is 0 Å². The van der Waals surface area contributed by atoms with Gasteiger partial charge in [-0.25, -0.2) is 0 Å². The van der Waals surface area contributed by atoms with E-state index in [9.17, 15) is 30.3 Å². The lowest BCUT2D eigenvalue weighted by atomic mass is 10.2. The number of para-hydroxylation sites is 1. The number of aromatic nitrogens is 1. The number of nitrogens with zero attached hydrogens (tertiary/aromatic N) is 5. The Bertz CT molecular complexity index is 1440. The van der Waals surface area contributed by atoms with E-state index in [4.69, 9.17) is 0 Å². The number of anilines is 1. The number of nitrogens with one attached hydrogen (secondary N) is 1. The van der Waals surface area contributed by atoms with Crippen LogP contribution in [0.2, 0.25) is 0 Å². The van der Waals surface area contributed by atoms with Crippen LogP contribution in [0.1, 0.15) is 11.1 Å². The SMILES string of the molecule is O=[N+]([O-])c1ccc(Cn2cc(C=NNc3ccc([N+](=O)[O-])cc3[N+](=O)[O-])c3ccccc32)cc1. The van der Waals surface area contributed by atoms with Crippen LogP contribution in [-0.2, 0) is 6.54 Å². The zero-order valence-electron chi connectivity index (χ0n) is 17.4. The second-order valence-electron chi connectivity index (χ2n) is 7.24. The minimum absolute atomic E-state index is 0.0142. The van der Waals surface area contributed by atoms with Gasteiger partial charge in [-0.2, -0.15) is 5.10 Å². The third-order valence-corrected chi connectivity index (χ3v) is 5.10. The van der Waals surface area contributed by atoms with Gasteiger partial charge in [0.25, 0.3) is 11.4 Å². The van der Waals surface area contributed by atoms with E-state index in [2.05, 4.69) is 10.5 Å². The summed E-state index contributed by atoms with van der Waals surface area (Å²) in [6.45, 7) is 0.466. The second kappa shape index (κ2) is 9.16. The molecule has 0 saturated heterocycles. The summed E-state index contributed by atoms with van der Waals surface area (Å²) in [5.41, 5.74) is 4.26. The third-order valence-electron chi connectivity index (χ3n) is 5.10. The number of hydrogen-bond donors (Lipinski definition) is 1. The molecule has 0 aliphatic rings. The molecule has 4 aromatic rings. The first kappa shape index (κ1) is 22.1. The van der Waals surface area contributed by atoms with Gasteiger partial charge in [0.2, 0.25) is 0 Å². The minimum atomic E-state index is -0.721. The maximum atomic E-state index is 11.3. The van der Waals surface area contributed by atoms with E-state index < -0.39 is 26.1 Å². The molecule has 170 valence electrons. The summed E-state index contributed by atoms with van der Waals surface area (Å²) in [5.74, 6) is 0. The Kier molecular flexibility index (Phi) is 5.95. The van der Waals surface area contributed by atoms with Crippen molar-refractivity contribution in [3.8, 4) is 0 Å². The summed E-state index contributed by atoms with van der Waals surface area (Å²) >= 11 is 0. The molecule has 0 atom stereocenters. The standard InChI is InChI=1S/C22H16N6O6/c29-26(30)17-7-5-15(6-8-17)13-25-14-16(19-3-1-2-4-21(19)25)12-23-24-20-10-9-18(27(31)32)11-22(20)28(33)34/h1-12,14,24H,13H2. The van der Waals surface area contributed by atoms with Gasteiger partial charge in [-0.15, -0.1) is 0 Å². The summed E-state index contributed by atoms with van der Waals surface area (Å²) in [5, 5.41) is 38.0. The predicted molar refractivity (Wildman–Crippen MR) is 125 cm³/mol. The van der Waals surface area contributed by atoms with Gasteiger partial charge in [-0.1, -0.05) is 30.3 Å².